The van der Waals surface area contributed by atoms with E-state index in [0.717, 1.165) is 50.0 Å². The molecule has 0 bridgehead atoms. The zero-order chi connectivity index (χ0) is 14.4. The second-order valence-electron chi connectivity index (χ2n) is 5.05. The van der Waals surface area contributed by atoms with Gasteiger partial charge >= 0.3 is 0 Å². The topological polar surface area (TPSA) is 41.7 Å². The largest absolute Gasteiger partial charge is 0.376 e. The molecule has 20 heavy (non-hydrogen) atoms. The van der Waals surface area contributed by atoms with E-state index in [1.807, 2.05) is 25.1 Å². The minimum absolute atomic E-state index is 0.145. The molecule has 1 aliphatic rings. The minimum atomic E-state index is 0.145. The van der Waals surface area contributed by atoms with Crippen molar-refractivity contribution in [3.8, 4) is 0 Å². The first-order chi connectivity index (χ1) is 9.74. The molecular formula is C15H24ClN3O. The van der Waals surface area contributed by atoms with Crippen molar-refractivity contribution in [1.29, 1.82) is 0 Å². The van der Waals surface area contributed by atoms with Crippen molar-refractivity contribution < 1.29 is 4.74 Å². The number of nitrogens with zero attached hydrogens (tertiary/aromatic N) is 2. The van der Waals surface area contributed by atoms with Gasteiger partial charge in [0.1, 0.15) is 0 Å². The maximum Gasteiger partial charge on any atom is 0.0823 e. The van der Waals surface area contributed by atoms with Gasteiger partial charge in [0.25, 0.3) is 0 Å². The average Bonchev–Trinajstić information content (AvgIpc) is 2.48. The van der Waals surface area contributed by atoms with Crippen molar-refractivity contribution in [3.05, 3.63) is 29.3 Å². The first-order valence-electron chi connectivity index (χ1n) is 7.28. The molecule has 0 aromatic heterocycles. The van der Waals surface area contributed by atoms with Crippen molar-refractivity contribution in [1.82, 2.24) is 4.90 Å². The van der Waals surface area contributed by atoms with E-state index in [-0.39, 0.29) is 6.10 Å². The van der Waals surface area contributed by atoms with Gasteiger partial charge in [-0.1, -0.05) is 23.7 Å². The van der Waals surface area contributed by atoms with Crippen LogP contribution in [0.2, 0.25) is 5.02 Å². The van der Waals surface area contributed by atoms with Crippen LogP contribution in [0.5, 0.6) is 0 Å². The molecule has 0 spiro atoms. The number of nitrogens with two attached hydrogens (primary N) is 1. The van der Waals surface area contributed by atoms with Crippen molar-refractivity contribution >= 4 is 17.3 Å². The van der Waals surface area contributed by atoms with Crippen LogP contribution in [0.1, 0.15) is 6.92 Å². The van der Waals surface area contributed by atoms with E-state index < -0.39 is 0 Å². The molecule has 1 aromatic rings. The molecule has 1 fully saturated rings. The van der Waals surface area contributed by atoms with E-state index in [4.69, 9.17) is 22.1 Å². The Labute approximate surface area is 126 Å². The summed E-state index contributed by atoms with van der Waals surface area (Å²) in [6.45, 7) is 8.27. The average molecular weight is 298 g/mol. The number of anilines is 1. The highest BCUT2D eigenvalue weighted by atomic mass is 35.5. The lowest BCUT2D eigenvalue weighted by Crippen LogP contribution is -2.50. The van der Waals surface area contributed by atoms with Gasteiger partial charge in [0.2, 0.25) is 0 Å². The number of ether oxygens (including phenoxy) is 1. The lowest BCUT2D eigenvalue weighted by Gasteiger charge is -2.37. The molecule has 1 unspecified atom stereocenters. The van der Waals surface area contributed by atoms with Crippen molar-refractivity contribution in [2.75, 3.05) is 50.8 Å². The highest BCUT2D eigenvalue weighted by molar-refractivity contribution is 6.33. The molecule has 0 aliphatic carbocycles. The third kappa shape index (κ3) is 4.09. The minimum Gasteiger partial charge on any atom is -0.376 e. The van der Waals surface area contributed by atoms with Gasteiger partial charge in [-0.2, -0.15) is 0 Å². The van der Waals surface area contributed by atoms with Gasteiger partial charge < -0.3 is 15.4 Å². The molecule has 1 aromatic carbocycles. The molecule has 4 nitrogen and oxygen atoms in total. The maximum absolute atomic E-state index is 6.25. The summed E-state index contributed by atoms with van der Waals surface area (Å²) in [6, 6.07) is 8.03. The van der Waals surface area contributed by atoms with Crippen LogP contribution in [0.4, 0.5) is 5.69 Å². The summed E-state index contributed by atoms with van der Waals surface area (Å²) in [7, 11) is 0. The molecule has 0 amide bonds. The lowest BCUT2D eigenvalue weighted by molar-refractivity contribution is 0.0379. The molecule has 1 heterocycles. The van der Waals surface area contributed by atoms with Crippen molar-refractivity contribution in [3.63, 3.8) is 0 Å². The predicted molar refractivity (Wildman–Crippen MR) is 84.6 cm³/mol. The van der Waals surface area contributed by atoms with Crippen LogP contribution in [0.3, 0.4) is 0 Å². The normalized spacial score (nSPS) is 18.2. The SMILES string of the molecule is CCOC(CN)CN1CCN(c2ccccc2Cl)CC1. The van der Waals surface area contributed by atoms with E-state index in [0.29, 0.717) is 6.54 Å². The third-order valence-corrected chi connectivity index (χ3v) is 4.01. The molecule has 0 radical (unpaired) electrons. The van der Waals surface area contributed by atoms with E-state index in [2.05, 4.69) is 15.9 Å². The van der Waals surface area contributed by atoms with Crippen LogP contribution in [-0.2, 0) is 4.74 Å². The molecule has 0 saturated carbocycles. The van der Waals surface area contributed by atoms with Crippen LogP contribution >= 0.6 is 11.6 Å². The first-order valence-corrected chi connectivity index (χ1v) is 7.66. The summed E-state index contributed by atoms with van der Waals surface area (Å²) in [5, 5.41) is 0.829. The molecule has 2 N–H and O–H groups in total. The molecule has 112 valence electrons. The molecule has 1 saturated heterocycles. The highest BCUT2D eigenvalue weighted by Gasteiger charge is 2.20. The Kier molecular flexibility index (Phi) is 6.10. The Morgan fingerprint density at radius 1 is 1.25 bits per heavy atom. The Bertz CT molecular complexity index is 408. The zero-order valence-electron chi connectivity index (χ0n) is 12.1. The molecule has 1 aliphatic heterocycles. The van der Waals surface area contributed by atoms with Crippen molar-refractivity contribution in [2.24, 2.45) is 5.73 Å². The summed E-state index contributed by atoms with van der Waals surface area (Å²) in [5.74, 6) is 0. The lowest BCUT2D eigenvalue weighted by atomic mass is 10.2. The van der Waals surface area contributed by atoms with E-state index >= 15 is 0 Å². The monoisotopic (exact) mass is 297 g/mol. The van der Waals surface area contributed by atoms with E-state index in [1.54, 1.807) is 0 Å². The second kappa shape index (κ2) is 7.84. The number of hydrogen-bond donors (Lipinski definition) is 1. The Morgan fingerprint density at radius 2 is 1.95 bits per heavy atom. The van der Waals surface area contributed by atoms with Gasteiger partial charge in [0.15, 0.2) is 0 Å². The summed E-state index contributed by atoms with van der Waals surface area (Å²) in [4.78, 5) is 4.76. The molecule has 2 rings (SSSR count). The Hall–Kier alpha value is -0.810. The number of halogens is 1. The fourth-order valence-electron chi connectivity index (χ4n) is 2.60. The highest BCUT2D eigenvalue weighted by Crippen LogP contribution is 2.25. The maximum atomic E-state index is 6.25. The quantitative estimate of drug-likeness (QED) is 0.870. The van der Waals surface area contributed by atoms with Crippen LogP contribution in [-0.4, -0.2) is 56.9 Å². The number of para-hydroxylation sites is 1. The molecular weight excluding hydrogens is 274 g/mol. The second-order valence-corrected chi connectivity index (χ2v) is 5.46. The van der Waals surface area contributed by atoms with Gasteiger partial charge in [0.05, 0.1) is 16.8 Å². The van der Waals surface area contributed by atoms with E-state index in [1.165, 1.54) is 0 Å². The van der Waals surface area contributed by atoms with Crippen LogP contribution in [0.25, 0.3) is 0 Å². The zero-order valence-corrected chi connectivity index (χ0v) is 12.9. The van der Waals surface area contributed by atoms with Gasteiger partial charge in [-0.3, -0.25) is 4.90 Å². The van der Waals surface area contributed by atoms with Gasteiger partial charge in [-0.05, 0) is 19.1 Å². The van der Waals surface area contributed by atoms with Crippen molar-refractivity contribution in [2.45, 2.75) is 13.0 Å². The third-order valence-electron chi connectivity index (χ3n) is 3.69. The summed E-state index contributed by atoms with van der Waals surface area (Å²) in [6.07, 6.45) is 0.145. The number of hydrogen-bond acceptors (Lipinski definition) is 4. The number of piperazine rings is 1. The summed E-state index contributed by atoms with van der Waals surface area (Å²) in [5.41, 5.74) is 6.87. The van der Waals surface area contributed by atoms with Crippen LogP contribution in [0, 0.1) is 0 Å². The number of benzene rings is 1. The molecule has 1 atom stereocenters. The van der Waals surface area contributed by atoms with Crippen LogP contribution in [0.15, 0.2) is 24.3 Å². The fraction of sp³-hybridized carbons (Fsp3) is 0.600. The summed E-state index contributed by atoms with van der Waals surface area (Å²) >= 11 is 6.25. The standard InChI is InChI=1S/C15H24ClN3O/c1-2-20-13(11-17)12-18-7-9-19(10-8-18)15-6-4-3-5-14(15)16/h3-6,13H,2,7-12,17H2,1H3. The van der Waals surface area contributed by atoms with E-state index in [9.17, 15) is 0 Å². The molecule has 5 heteroatoms. The van der Waals surface area contributed by atoms with Crippen LogP contribution < -0.4 is 10.6 Å². The Morgan fingerprint density at radius 3 is 2.55 bits per heavy atom. The smallest absolute Gasteiger partial charge is 0.0823 e. The Balaban J connectivity index is 1.85. The predicted octanol–water partition coefficient (Wildman–Crippen LogP) is 1.83. The fourth-order valence-corrected chi connectivity index (χ4v) is 2.85. The van der Waals surface area contributed by atoms with Gasteiger partial charge in [0, 0.05) is 45.9 Å². The first kappa shape index (κ1) is 15.6. The van der Waals surface area contributed by atoms with Gasteiger partial charge in [-0.15, -0.1) is 0 Å². The van der Waals surface area contributed by atoms with Gasteiger partial charge in [-0.25, -0.2) is 0 Å². The number of rotatable bonds is 6. The summed E-state index contributed by atoms with van der Waals surface area (Å²) < 4.78 is 5.62.